The Morgan fingerprint density at radius 3 is 2.41 bits per heavy atom. The Balaban J connectivity index is 2.26. The summed E-state index contributed by atoms with van der Waals surface area (Å²) in [5.74, 6) is -0.702. The average molecular weight is 439 g/mol. The Kier molecular flexibility index (Phi) is 9.61. The Bertz CT molecular complexity index is 1050. The average Bonchev–Trinajstić information content (AvgIpc) is 2.79. The summed E-state index contributed by atoms with van der Waals surface area (Å²) in [5, 5.41) is 28.3. The maximum absolute atomic E-state index is 12.6. The molecule has 0 spiro atoms. The highest BCUT2D eigenvalue weighted by atomic mass is 16.5. The summed E-state index contributed by atoms with van der Waals surface area (Å²) >= 11 is 0. The van der Waals surface area contributed by atoms with Gasteiger partial charge in [-0.25, -0.2) is 4.79 Å². The first kappa shape index (κ1) is 24.8. The second-order valence-corrected chi connectivity index (χ2v) is 7.54. The van der Waals surface area contributed by atoms with E-state index in [9.17, 15) is 20.0 Å². The fraction of sp³-hybridized carbons (Fsp3) is 0.458. The highest BCUT2D eigenvalue weighted by Gasteiger charge is 2.19. The molecule has 0 aliphatic carbocycles. The molecule has 1 N–H and O–H groups in total. The van der Waals surface area contributed by atoms with Crippen LogP contribution in [0.3, 0.4) is 0 Å². The molecule has 0 unspecified atom stereocenters. The van der Waals surface area contributed by atoms with Crippen LogP contribution in [0.5, 0.6) is 5.88 Å². The van der Waals surface area contributed by atoms with Gasteiger partial charge in [0.05, 0.1) is 17.9 Å². The number of ether oxygens (including phenoxy) is 1. The van der Waals surface area contributed by atoms with Crippen molar-refractivity contribution in [3.05, 3.63) is 51.3 Å². The molecule has 0 fully saturated rings. The van der Waals surface area contributed by atoms with Gasteiger partial charge in [0, 0.05) is 12.1 Å². The molecule has 0 bridgehead atoms. The molecule has 170 valence electrons. The molecule has 0 aliphatic rings. The van der Waals surface area contributed by atoms with Crippen LogP contribution in [0.2, 0.25) is 0 Å². The van der Waals surface area contributed by atoms with Gasteiger partial charge in [0.1, 0.15) is 11.6 Å². The van der Waals surface area contributed by atoms with Gasteiger partial charge >= 0.3 is 5.97 Å². The molecule has 0 atom stereocenters. The predicted molar refractivity (Wildman–Crippen MR) is 122 cm³/mol. The highest BCUT2D eigenvalue weighted by Crippen LogP contribution is 2.32. The number of carbonyl (C=O) groups excluding carboxylic acids is 1. The van der Waals surface area contributed by atoms with Crippen molar-refractivity contribution in [3.8, 4) is 11.9 Å². The first-order chi connectivity index (χ1) is 15.4. The third-order valence-electron chi connectivity index (χ3n) is 5.10. The van der Waals surface area contributed by atoms with Gasteiger partial charge in [0.15, 0.2) is 5.69 Å². The number of azo groups is 1. The Morgan fingerprint density at radius 2 is 1.78 bits per heavy atom. The van der Waals surface area contributed by atoms with Crippen LogP contribution < -0.4 is 5.56 Å². The predicted octanol–water partition coefficient (Wildman–Crippen LogP) is 5.69. The van der Waals surface area contributed by atoms with Gasteiger partial charge in [-0.1, -0.05) is 39.5 Å². The molecule has 0 saturated carbocycles. The van der Waals surface area contributed by atoms with Crippen molar-refractivity contribution in [1.29, 1.82) is 5.26 Å². The van der Waals surface area contributed by atoms with Gasteiger partial charge < -0.3 is 9.84 Å². The van der Waals surface area contributed by atoms with Gasteiger partial charge in [0.2, 0.25) is 5.88 Å². The molecule has 0 saturated heterocycles. The minimum absolute atomic E-state index is 0.0579. The maximum Gasteiger partial charge on any atom is 0.338 e. The molecule has 32 heavy (non-hydrogen) atoms. The third kappa shape index (κ3) is 6.27. The molecule has 2 rings (SSSR count). The SMILES string of the molecule is CCCCCCn1c(O)c(/N=N/c2ccc(C(=O)OCCCC)cc2)c(C)c(C#N)c1=O. The van der Waals surface area contributed by atoms with Gasteiger partial charge in [0.25, 0.3) is 5.56 Å². The van der Waals surface area contributed by atoms with E-state index in [0.717, 1.165) is 32.1 Å². The smallest absolute Gasteiger partial charge is 0.338 e. The van der Waals surface area contributed by atoms with Gasteiger partial charge in [-0.3, -0.25) is 9.36 Å². The van der Waals surface area contributed by atoms with Crippen molar-refractivity contribution in [2.75, 3.05) is 6.61 Å². The Morgan fingerprint density at radius 1 is 1.09 bits per heavy atom. The van der Waals surface area contributed by atoms with E-state index in [1.807, 2.05) is 13.0 Å². The number of carbonyl (C=O) groups is 1. The van der Waals surface area contributed by atoms with Crippen molar-refractivity contribution < 1.29 is 14.6 Å². The second kappa shape index (κ2) is 12.4. The summed E-state index contributed by atoms with van der Waals surface area (Å²) in [6.45, 7) is 6.35. The molecule has 1 heterocycles. The number of benzene rings is 1. The van der Waals surface area contributed by atoms with Crippen LogP contribution in [0.1, 0.15) is 73.9 Å². The largest absolute Gasteiger partial charge is 0.493 e. The van der Waals surface area contributed by atoms with E-state index < -0.39 is 11.5 Å². The molecular weight excluding hydrogens is 408 g/mol. The van der Waals surface area contributed by atoms with Crippen LogP contribution in [0.4, 0.5) is 11.4 Å². The summed E-state index contributed by atoms with van der Waals surface area (Å²) in [7, 11) is 0. The third-order valence-corrected chi connectivity index (χ3v) is 5.10. The van der Waals surface area contributed by atoms with Crippen molar-refractivity contribution >= 4 is 17.3 Å². The maximum atomic E-state index is 12.6. The Hall–Kier alpha value is -3.47. The van der Waals surface area contributed by atoms with E-state index in [-0.39, 0.29) is 22.7 Å². The number of nitrogens with zero attached hydrogens (tertiary/aromatic N) is 4. The monoisotopic (exact) mass is 438 g/mol. The first-order valence-corrected chi connectivity index (χ1v) is 11.0. The second-order valence-electron chi connectivity index (χ2n) is 7.54. The fourth-order valence-corrected chi connectivity index (χ4v) is 3.13. The summed E-state index contributed by atoms with van der Waals surface area (Å²) in [4.78, 5) is 24.6. The Labute approximate surface area is 188 Å². The van der Waals surface area contributed by atoms with Crippen molar-refractivity contribution in [2.24, 2.45) is 10.2 Å². The van der Waals surface area contributed by atoms with E-state index in [4.69, 9.17) is 4.74 Å². The molecule has 8 nitrogen and oxygen atoms in total. The molecule has 0 amide bonds. The number of nitriles is 1. The van der Waals surface area contributed by atoms with E-state index in [2.05, 4.69) is 17.2 Å². The molecule has 2 aromatic rings. The van der Waals surface area contributed by atoms with Crippen molar-refractivity contribution in [2.45, 2.75) is 65.8 Å². The number of pyridine rings is 1. The van der Waals surface area contributed by atoms with Crippen LogP contribution in [0, 0.1) is 18.3 Å². The van der Waals surface area contributed by atoms with Crippen LogP contribution in [0.15, 0.2) is 39.3 Å². The van der Waals surface area contributed by atoms with Crippen LogP contribution >= 0.6 is 0 Å². The fourth-order valence-electron chi connectivity index (χ4n) is 3.13. The standard InChI is InChI=1S/C24H30N4O4/c1-4-6-8-9-14-28-22(29)20(16-25)17(3)21(23(28)30)27-26-19-12-10-18(11-13-19)24(31)32-15-7-5-2/h10-13,30H,4-9,14-15H2,1-3H3/b27-26+. The zero-order chi connectivity index (χ0) is 23.5. The minimum Gasteiger partial charge on any atom is -0.493 e. The number of hydrogen-bond acceptors (Lipinski definition) is 7. The zero-order valence-corrected chi connectivity index (χ0v) is 18.9. The number of aromatic nitrogens is 1. The van der Waals surface area contributed by atoms with Crippen molar-refractivity contribution in [3.63, 3.8) is 0 Å². The minimum atomic E-state index is -0.524. The van der Waals surface area contributed by atoms with Gasteiger partial charge in [-0.15, -0.1) is 5.11 Å². The van der Waals surface area contributed by atoms with E-state index in [1.54, 1.807) is 31.2 Å². The van der Waals surface area contributed by atoms with Gasteiger partial charge in [-0.05, 0) is 44.0 Å². The number of aromatic hydroxyl groups is 1. The molecule has 1 aromatic heterocycles. The molecule has 1 aromatic carbocycles. The van der Waals surface area contributed by atoms with Crippen molar-refractivity contribution in [1.82, 2.24) is 4.57 Å². The van der Waals surface area contributed by atoms with Gasteiger partial charge in [-0.2, -0.15) is 10.4 Å². The summed E-state index contributed by atoms with van der Waals surface area (Å²) in [6.07, 6.45) is 5.46. The lowest BCUT2D eigenvalue weighted by Gasteiger charge is -2.13. The summed E-state index contributed by atoms with van der Waals surface area (Å²) in [6, 6.07) is 8.31. The normalized spacial score (nSPS) is 10.9. The number of hydrogen-bond donors (Lipinski definition) is 1. The number of rotatable bonds is 11. The van der Waals surface area contributed by atoms with E-state index in [0.29, 0.717) is 30.8 Å². The van der Waals surface area contributed by atoms with Crippen LogP contribution in [-0.2, 0) is 11.3 Å². The van der Waals surface area contributed by atoms with Crippen LogP contribution in [0.25, 0.3) is 0 Å². The molecule has 0 radical (unpaired) electrons. The zero-order valence-electron chi connectivity index (χ0n) is 18.9. The van der Waals surface area contributed by atoms with Crippen LogP contribution in [-0.4, -0.2) is 22.2 Å². The number of unbranched alkanes of at least 4 members (excludes halogenated alkanes) is 4. The summed E-state index contributed by atoms with van der Waals surface area (Å²) in [5.41, 5.74) is 0.639. The molecule has 0 aliphatic heterocycles. The lowest BCUT2D eigenvalue weighted by molar-refractivity contribution is 0.0500. The number of esters is 1. The molecular formula is C24H30N4O4. The van der Waals surface area contributed by atoms with E-state index in [1.165, 1.54) is 4.57 Å². The summed E-state index contributed by atoms with van der Waals surface area (Å²) < 4.78 is 6.36. The lowest BCUT2D eigenvalue weighted by atomic mass is 10.1. The highest BCUT2D eigenvalue weighted by molar-refractivity contribution is 5.89. The first-order valence-electron chi connectivity index (χ1n) is 11.0. The quantitative estimate of drug-likeness (QED) is 0.275. The van der Waals surface area contributed by atoms with E-state index >= 15 is 0 Å². The molecule has 8 heteroatoms. The topological polar surface area (TPSA) is 117 Å². The lowest BCUT2D eigenvalue weighted by Crippen LogP contribution is -2.24.